The maximum absolute atomic E-state index is 13.6. The van der Waals surface area contributed by atoms with Gasteiger partial charge in [0.05, 0.1) is 38.8 Å². The van der Waals surface area contributed by atoms with Crippen molar-refractivity contribution in [2.24, 2.45) is 5.92 Å². The smallest absolute Gasteiger partial charge is 0.306 e. The molecule has 3 N–H and O–H groups in total. The summed E-state index contributed by atoms with van der Waals surface area (Å²) >= 11 is 6.49. The second-order valence-corrected chi connectivity index (χ2v) is 9.55. The molecule has 9 nitrogen and oxygen atoms in total. The fraction of sp³-hybridized carbons (Fsp3) is 0.185. The second kappa shape index (κ2) is 8.94. The predicted octanol–water partition coefficient (Wildman–Crippen LogP) is 5.31. The van der Waals surface area contributed by atoms with E-state index in [-0.39, 0.29) is 28.0 Å². The van der Waals surface area contributed by atoms with Gasteiger partial charge in [-0.1, -0.05) is 29.8 Å². The molecule has 37 heavy (non-hydrogen) atoms. The normalized spacial score (nSPS) is 17.4. The average molecular weight is 517 g/mol. The van der Waals surface area contributed by atoms with Crippen LogP contribution in [-0.2, 0) is 4.79 Å². The molecule has 1 aliphatic rings. The number of benzene rings is 2. The van der Waals surface area contributed by atoms with Gasteiger partial charge in [-0.15, -0.1) is 0 Å². The third kappa shape index (κ3) is 3.97. The van der Waals surface area contributed by atoms with Crippen LogP contribution in [0.3, 0.4) is 0 Å². The number of aromatic amines is 2. The van der Waals surface area contributed by atoms with Crippen LogP contribution in [0.15, 0.2) is 65.7 Å². The standard InChI is InChI=1S/C27H21ClN4O5/c28-21-11-17(37-16-4-2-1-3-5-16)8-9-18(21)24(33)19-12-29-25-22(19)23-20(13-30-25)26(34)32(31-23)15-7-6-14(10-15)27(35)36/h1-5,8-9,11-15,31H,6-7,10H2,(H,29,30)(H,35,36)/t14-,15+/m0/s1. The van der Waals surface area contributed by atoms with Crippen molar-refractivity contribution in [3.05, 3.63) is 87.4 Å². The van der Waals surface area contributed by atoms with Crippen LogP contribution < -0.4 is 10.3 Å². The maximum atomic E-state index is 13.6. The number of hydrogen-bond acceptors (Lipinski definition) is 5. The summed E-state index contributed by atoms with van der Waals surface area (Å²) in [5, 5.41) is 13.5. The van der Waals surface area contributed by atoms with E-state index in [1.54, 1.807) is 24.4 Å². The minimum Gasteiger partial charge on any atom is -0.481 e. The number of carbonyl (C=O) groups is 2. The molecular formula is C27H21ClN4O5. The Morgan fingerprint density at radius 2 is 1.89 bits per heavy atom. The van der Waals surface area contributed by atoms with Crippen molar-refractivity contribution in [3.63, 3.8) is 0 Å². The lowest BCUT2D eigenvalue weighted by Gasteiger charge is -2.10. The number of nitrogens with zero attached hydrogens (tertiary/aromatic N) is 2. The number of aromatic nitrogens is 4. The summed E-state index contributed by atoms with van der Waals surface area (Å²) < 4.78 is 7.28. The van der Waals surface area contributed by atoms with Gasteiger partial charge in [0.2, 0.25) is 0 Å². The molecule has 1 aliphatic carbocycles. The van der Waals surface area contributed by atoms with E-state index < -0.39 is 11.9 Å². The molecule has 0 spiro atoms. The van der Waals surface area contributed by atoms with Crippen molar-refractivity contribution in [1.82, 2.24) is 19.7 Å². The number of ether oxygens (including phenoxy) is 1. The van der Waals surface area contributed by atoms with Gasteiger partial charge < -0.3 is 14.8 Å². The van der Waals surface area contributed by atoms with Gasteiger partial charge >= 0.3 is 5.97 Å². The van der Waals surface area contributed by atoms with Crippen LogP contribution in [0.5, 0.6) is 11.5 Å². The molecule has 0 bridgehead atoms. The Morgan fingerprint density at radius 3 is 2.62 bits per heavy atom. The first-order chi connectivity index (χ1) is 17.9. The number of nitrogens with one attached hydrogen (secondary N) is 2. The van der Waals surface area contributed by atoms with E-state index in [0.29, 0.717) is 58.3 Å². The van der Waals surface area contributed by atoms with Crippen LogP contribution in [0.2, 0.25) is 5.02 Å². The van der Waals surface area contributed by atoms with Crippen molar-refractivity contribution < 1.29 is 19.4 Å². The van der Waals surface area contributed by atoms with E-state index in [0.717, 1.165) is 0 Å². The summed E-state index contributed by atoms with van der Waals surface area (Å²) in [6.07, 6.45) is 4.46. The lowest BCUT2D eigenvalue weighted by atomic mass is 10.0. The highest BCUT2D eigenvalue weighted by molar-refractivity contribution is 6.36. The lowest BCUT2D eigenvalue weighted by molar-refractivity contribution is -0.141. The molecule has 0 amide bonds. The number of pyridine rings is 1. The summed E-state index contributed by atoms with van der Waals surface area (Å²) in [6.45, 7) is 0. The Morgan fingerprint density at radius 1 is 1.08 bits per heavy atom. The Balaban J connectivity index is 1.38. The molecule has 6 rings (SSSR count). The van der Waals surface area contributed by atoms with Gasteiger partial charge in [0.25, 0.3) is 5.56 Å². The molecule has 2 atom stereocenters. The van der Waals surface area contributed by atoms with Crippen LogP contribution in [0.1, 0.15) is 41.2 Å². The summed E-state index contributed by atoms with van der Waals surface area (Å²) in [4.78, 5) is 45.5. The summed E-state index contributed by atoms with van der Waals surface area (Å²) in [5.74, 6) is -0.535. The number of ketones is 1. The van der Waals surface area contributed by atoms with E-state index >= 15 is 0 Å². The predicted molar refractivity (Wildman–Crippen MR) is 138 cm³/mol. The first kappa shape index (κ1) is 23.1. The van der Waals surface area contributed by atoms with Crippen molar-refractivity contribution in [2.45, 2.75) is 25.3 Å². The molecule has 1 saturated carbocycles. The highest BCUT2D eigenvalue weighted by Crippen LogP contribution is 2.35. The van der Waals surface area contributed by atoms with E-state index in [1.165, 1.54) is 10.9 Å². The summed E-state index contributed by atoms with van der Waals surface area (Å²) in [7, 11) is 0. The van der Waals surface area contributed by atoms with E-state index in [9.17, 15) is 19.5 Å². The van der Waals surface area contributed by atoms with Crippen LogP contribution in [-0.4, -0.2) is 36.6 Å². The van der Waals surface area contributed by atoms with Crippen molar-refractivity contribution in [1.29, 1.82) is 0 Å². The summed E-state index contributed by atoms with van der Waals surface area (Å²) in [6, 6.07) is 13.8. The van der Waals surface area contributed by atoms with Crippen LogP contribution in [0.4, 0.5) is 0 Å². The fourth-order valence-electron chi connectivity index (χ4n) is 5.04. The minimum atomic E-state index is -0.855. The Kier molecular flexibility index (Phi) is 5.57. The molecule has 3 aromatic heterocycles. The SMILES string of the molecule is O=C(c1ccc(Oc2ccccc2)cc1Cl)c1c[nH]c2ncc3c(=O)n([C@@H]4CC[C@H](C(=O)O)C4)[nH]c3c12. The fourth-order valence-corrected chi connectivity index (χ4v) is 5.30. The molecule has 10 heteroatoms. The molecule has 186 valence electrons. The highest BCUT2D eigenvalue weighted by Gasteiger charge is 2.32. The number of carboxylic acids is 1. The molecule has 5 aromatic rings. The number of fused-ring (bicyclic) bond motifs is 3. The van der Waals surface area contributed by atoms with Gasteiger partial charge in [-0.3, -0.25) is 19.5 Å². The van der Waals surface area contributed by atoms with E-state index in [1.807, 2.05) is 30.3 Å². The second-order valence-electron chi connectivity index (χ2n) is 9.15. The molecule has 0 aliphatic heterocycles. The van der Waals surface area contributed by atoms with Crippen molar-refractivity contribution >= 4 is 45.3 Å². The molecule has 0 unspecified atom stereocenters. The number of hydrogen-bond donors (Lipinski definition) is 3. The van der Waals surface area contributed by atoms with Gasteiger partial charge in [0.15, 0.2) is 5.78 Å². The van der Waals surface area contributed by atoms with Crippen molar-refractivity contribution in [3.8, 4) is 11.5 Å². The van der Waals surface area contributed by atoms with Gasteiger partial charge in [-0.2, -0.15) is 0 Å². The molecule has 1 fully saturated rings. The van der Waals surface area contributed by atoms with E-state index in [4.69, 9.17) is 16.3 Å². The third-order valence-corrected chi connectivity index (χ3v) is 7.22. The molecule has 0 radical (unpaired) electrons. The number of rotatable bonds is 6. The zero-order valence-corrected chi connectivity index (χ0v) is 20.2. The number of H-pyrrole nitrogens is 2. The monoisotopic (exact) mass is 516 g/mol. The van der Waals surface area contributed by atoms with E-state index in [2.05, 4.69) is 15.1 Å². The molecule has 2 aromatic carbocycles. The Labute approximate surface area is 214 Å². The number of para-hydroxylation sites is 1. The van der Waals surface area contributed by atoms with Gasteiger partial charge in [0, 0.05) is 24.0 Å². The number of halogens is 1. The first-order valence-corrected chi connectivity index (χ1v) is 12.2. The maximum Gasteiger partial charge on any atom is 0.306 e. The Hall–Kier alpha value is -4.37. The average Bonchev–Trinajstić information content (AvgIpc) is 3.61. The first-order valence-electron chi connectivity index (χ1n) is 11.8. The molecule has 0 saturated heterocycles. The quantitative estimate of drug-likeness (QED) is 0.262. The van der Waals surface area contributed by atoms with Crippen molar-refractivity contribution in [2.75, 3.05) is 0 Å². The number of aliphatic carboxylic acids is 1. The van der Waals surface area contributed by atoms with Crippen LogP contribution >= 0.6 is 11.6 Å². The van der Waals surface area contributed by atoms with Crippen LogP contribution in [0, 0.1) is 5.92 Å². The van der Waals surface area contributed by atoms with Gasteiger partial charge in [-0.05, 0) is 43.5 Å². The topological polar surface area (TPSA) is 130 Å². The number of carboxylic acid groups (broad SMARTS) is 1. The largest absolute Gasteiger partial charge is 0.481 e. The lowest BCUT2D eigenvalue weighted by Crippen LogP contribution is -2.21. The zero-order chi connectivity index (χ0) is 25.7. The summed E-state index contributed by atoms with van der Waals surface area (Å²) in [5.41, 5.74) is 1.22. The highest BCUT2D eigenvalue weighted by atomic mass is 35.5. The molecule has 3 heterocycles. The number of carbonyl (C=O) groups excluding carboxylic acids is 1. The Bertz CT molecular complexity index is 1740. The van der Waals surface area contributed by atoms with Crippen LogP contribution in [0.25, 0.3) is 21.9 Å². The minimum absolute atomic E-state index is 0.227. The van der Waals surface area contributed by atoms with Gasteiger partial charge in [-0.25, -0.2) is 9.67 Å². The zero-order valence-electron chi connectivity index (χ0n) is 19.4. The third-order valence-electron chi connectivity index (χ3n) is 6.91. The molecular weight excluding hydrogens is 496 g/mol. The van der Waals surface area contributed by atoms with Gasteiger partial charge in [0.1, 0.15) is 17.1 Å².